The summed E-state index contributed by atoms with van der Waals surface area (Å²) in [5.74, 6) is -0.144. The van der Waals surface area contributed by atoms with Crippen molar-refractivity contribution in [3.05, 3.63) is 34.6 Å². The molecule has 0 aliphatic rings. The smallest absolute Gasteiger partial charge is 0.305 e. The predicted molar refractivity (Wildman–Crippen MR) is 115 cm³/mol. The van der Waals surface area contributed by atoms with E-state index in [9.17, 15) is 14.4 Å². The second-order valence-corrected chi connectivity index (χ2v) is 8.78. The van der Waals surface area contributed by atoms with E-state index in [2.05, 4.69) is 15.0 Å². The molecular weight excluding hydrogens is 390 g/mol. The number of aromatic nitrogens is 2. The molecule has 7 nitrogen and oxygen atoms in total. The summed E-state index contributed by atoms with van der Waals surface area (Å²) in [6.07, 6.45) is 2.61. The van der Waals surface area contributed by atoms with Crippen molar-refractivity contribution in [3.63, 3.8) is 0 Å². The number of hydrogen-bond acceptors (Lipinski definition) is 6. The number of unbranched alkanes of at least 4 members (excludes halogenated alkanes) is 2. The van der Waals surface area contributed by atoms with Crippen LogP contribution in [0.5, 0.6) is 0 Å². The molecule has 0 aliphatic heterocycles. The molecule has 2 rings (SSSR count). The van der Waals surface area contributed by atoms with Crippen molar-refractivity contribution in [3.8, 4) is 0 Å². The van der Waals surface area contributed by atoms with Crippen LogP contribution in [0.2, 0.25) is 0 Å². The number of fused-ring (bicyclic) bond motifs is 1. The number of esters is 1. The number of rotatable bonds is 9. The van der Waals surface area contributed by atoms with Crippen molar-refractivity contribution >= 4 is 34.5 Å². The standard InChI is InChI=1S/C21H29N3O4S/c1-21(2,3)23-17(25)14-29-20-22-16-11-8-7-10-15(16)19(27)24(20)13-9-5-6-12-18(26)28-4/h7-8,10-11H,5-6,9,12-14H2,1-4H3,(H,23,25). The molecule has 1 amide bonds. The number of amides is 1. The molecule has 0 atom stereocenters. The van der Waals surface area contributed by atoms with Crippen molar-refractivity contribution < 1.29 is 14.3 Å². The first-order valence-electron chi connectivity index (χ1n) is 9.71. The summed E-state index contributed by atoms with van der Waals surface area (Å²) in [4.78, 5) is 41.0. The highest BCUT2D eigenvalue weighted by Gasteiger charge is 2.16. The summed E-state index contributed by atoms with van der Waals surface area (Å²) in [5.41, 5.74) is 0.203. The molecule has 0 unspecified atom stereocenters. The van der Waals surface area contributed by atoms with Crippen molar-refractivity contribution in [2.45, 2.75) is 63.7 Å². The Morgan fingerprint density at radius 3 is 2.59 bits per heavy atom. The molecule has 0 aliphatic carbocycles. The van der Waals surface area contributed by atoms with Crippen molar-refractivity contribution in [2.75, 3.05) is 12.9 Å². The molecule has 2 aromatic rings. The minimum absolute atomic E-state index is 0.102. The molecule has 8 heteroatoms. The zero-order valence-corrected chi connectivity index (χ0v) is 18.3. The number of ether oxygens (including phenoxy) is 1. The number of nitrogens with one attached hydrogen (secondary N) is 1. The highest BCUT2D eigenvalue weighted by Crippen LogP contribution is 2.19. The minimum atomic E-state index is -0.312. The average molecular weight is 420 g/mol. The minimum Gasteiger partial charge on any atom is -0.469 e. The molecule has 0 spiro atoms. The first-order valence-corrected chi connectivity index (χ1v) is 10.7. The van der Waals surface area contributed by atoms with Gasteiger partial charge in [0.2, 0.25) is 5.91 Å². The summed E-state index contributed by atoms with van der Waals surface area (Å²) in [6.45, 7) is 6.26. The third-order valence-electron chi connectivity index (χ3n) is 4.16. The summed E-state index contributed by atoms with van der Waals surface area (Å²) < 4.78 is 6.28. The molecule has 0 bridgehead atoms. The second kappa shape index (κ2) is 10.4. The SMILES string of the molecule is COC(=O)CCCCCn1c(SCC(=O)NC(C)(C)C)nc2ccccc2c1=O. The maximum Gasteiger partial charge on any atom is 0.305 e. The Balaban J connectivity index is 2.14. The van der Waals surface area contributed by atoms with Crippen LogP contribution in [0.1, 0.15) is 46.5 Å². The Kier molecular flexibility index (Phi) is 8.25. The van der Waals surface area contributed by atoms with E-state index in [0.29, 0.717) is 35.4 Å². The Hall–Kier alpha value is -2.35. The largest absolute Gasteiger partial charge is 0.469 e. The fourth-order valence-corrected chi connectivity index (χ4v) is 3.68. The molecule has 158 valence electrons. The molecule has 0 fully saturated rings. The van der Waals surface area contributed by atoms with Gasteiger partial charge in [0.25, 0.3) is 5.56 Å². The van der Waals surface area contributed by atoms with Gasteiger partial charge in [0.05, 0.1) is 23.8 Å². The van der Waals surface area contributed by atoms with E-state index in [1.165, 1.54) is 18.9 Å². The molecule has 0 radical (unpaired) electrons. The molecule has 1 heterocycles. The van der Waals surface area contributed by atoms with Gasteiger partial charge >= 0.3 is 5.97 Å². The molecule has 1 N–H and O–H groups in total. The monoisotopic (exact) mass is 419 g/mol. The van der Waals surface area contributed by atoms with Crippen LogP contribution in [0.4, 0.5) is 0 Å². The highest BCUT2D eigenvalue weighted by atomic mass is 32.2. The van der Waals surface area contributed by atoms with E-state index in [1.807, 2.05) is 32.9 Å². The maximum absolute atomic E-state index is 13.0. The van der Waals surface area contributed by atoms with Gasteiger partial charge < -0.3 is 10.1 Å². The summed E-state index contributed by atoms with van der Waals surface area (Å²) in [6, 6.07) is 7.22. The third kappa shape index (κ3) is 7.20. The van der Waals surface area contributed by atoms with Crippen LogP contribution in [0.15, 0.2) is 34.2 Å². The fraction of sp³-hybridized carbons (Fsp3) is 0.524. The van der Waals surface area contributed by atoms with E-state index >= 15 is 0 Å². The lowest BCUT2D eigenvalue weighted by Gasteiger charge is -2.20. The van der Waals surface area contributed by atoms with E-state index < -0.39 is 0 Å². The number of benzene rings is 1. The van der Waals surface area contributed by atoms with E-state index in [1.54, 1.807) is 16.7 Å². The Bertz CT molecular complexity index is 918. The third-order valence-corrected chi connectivity index (χ3v) is 5.14. The molecule has 1 aromatic heterocycles. The van der Waals surface area contributed by atoms with Gasteiger partial charge in [0, 0.05) is 18.5 Å². The van der Waals surface area contributed by atoms with Gasteiger partial charge in [0.1, 0.15) is 0 Å². The van der Waals surface area contributed by atoms with Gasteiger partial charge in [0.15, 0.2) is 5.16 Å². The van der Waals surface area contributed by atoms with Gasteiger partial charge in [-0.1, -0.05) is 30.3 Å². The van der Waals surface area contributed by atoms with E-state index in [0.717, 1.165) is 12.8 Å². The first kappa shape index (κ1) is 22.9. The first-order chi connectivity index (χ1) is 13.7. The molecule has 0 saturated heterocycles. The van der Waals surface area contributed by atoms with Gasteiger partial charge in [-0.25, -0.2) is 4.98 Å². The maximum atomic E-state index is 13.0. The molecule has 29 heavy (non-hydrogen) atoms. The molecule has 1 aromatic carbocycles. The summed E-state index contributed by atoms with van der Waals surface area (Å²) in [5, 5.41) is 4.01. The van der Waals surface area contributed by atoms with Crippen LogP contribution in [0, 0.1) is 0 Å². The Labute approximate surface area is 175 Å². The predicted octanol–water partition coefficient (Wildman–Crippen LogP) is 3.14. The number of para-hydroxylation sites is 1. The van der Waals surface area contributed by atoms with Crippen LogP contribution in [-0.2, 0) is 20.9 Å². The van der Waals surface area contributed by atoms with Crippen molar-refractivity contribution in [1.29, 1.82) is 0 Å². The number of methoxy groups -OCH3 is 1. The van der Waals surface area contributed by atoms with Crippen LogP contribution in [0.3, 0.4) is 0 Å². The van der Waals surface area contributed by atoms with Crippen molar-refractivity contribution in [1.82, 2.24) is 14.9 Å². The highest BCUT2D eigenvalue weighted by molar-refractivity contribution is 7.99. The quantitative estimate of drug-likeness (QED) is 0.291. The number of hydrogen-bond donors (Lipinski definition) is 1. The lowest BCUT2D eigenvalue weighted by molar-refractivity contribution is -0.140. The van der Waals surface area contributed by atoms with Gasteiger partial charge in [-0.05, 0) is 45.7 Å². The number of nitrogens with zero attached hydrogens (tertiary/aromatic N) is 2. The van der Waals surface area contributed by atoms with Crippen LogP contribution < -0.4 is 10.9 Å². The number of thioether (sulfide) groups is 1. The molecule has 0 saturated carbocycles. The fourth-order valence-electron chi connectivity index (χ4n) is 2.86. The summed E-state index contributed by atoms with van der Waals surface area (Å²) in [7, 11) is 1.38. The van der Waals surface area contributed by atoms with Crippen LogP contribution in [-0.4, -0.2) is 39.8 Å². The number of carbonyl (C=O) groups excluding carboxylic acids is 2. The van der Waals surface area contributed by atoms with Crippen molar-refractivity contribution in [2.24, 2.45) is 0 Å². The molecular formula is C21H29N3O4S. The lowest BCUT2D eigenvalue weighted by atomic mass is 10.1. The Morgan fingerprint density at radius 2 is 1.90 bits per heavy atom. The normalized spacial score (nSPS) is 11.4. The van der Waals surface area contributed by atoms with Crippen LogP contribution >= 0.6 is 11.8 Å². The van der Waals surface area contributed by atoms with Gasteiger partial charge in [-0.3, -0.25) is 19.0 Å². The van der Waals surface area contributed by atoms with Crippen LogP contribution in [0.25, 0.3) is 10.9 Å². The van der Waals surface area contributed by atoms with Gasteiger partial charge in [-0.2, -0.15) is 0 Å². The zero-order chi connectivity index (χ0) is 21.4. The van der Waals surface area contributed by atoms with E-state index in [-0.39, 0.29) is 28.7 Å². The van der Waals surface area contributed by atoms with Gasteiger partial charge in [-0.15, -0.1) is 0 Å². The summed E-state index contributed by atoms with van der Waals surface area (Å²) >= 11 is 1.26. The lowest BCUT2D eigenvalue weighted by Crippen LogP contribution is -2.41. The average Bonchev–Trinajstić information content (AvgIpc) is 2.66. The zero-order valence-electron chi connectivity index (χ0n) is 17.5. The number of carbonyl (C=O) groups is 2. The second-order valence-electron chi connectivity index (χ2n) is 7.84. The topological polar surface area (TPSA) is 90.3 Å². The van der Waals surface area contributed by atoms with E-state index in [4.69, 9.17) is 0 Å². The Morgan fingerprint density at radius 1 is 1.17 bits per heavy atom.